The Kier molecular flexibility index (Phi) is 3.22. The molecule has 0 bridgehead atoms. The Morgan fingerprint density at radius 1 is 0.833 bits per heavy atom. The molecule has 4 nitrogen and oxygen atoms in total. The molecule has 0 aromatic heterocycles. The molecule has 0 heterocycles. The molecule has 0 amide bonds. The smallest absolute Gasteiger partial charge is 0.184 e. The zero-order valence-corrected chi connectivity index (χ0v) is 6.69. The quantitative estimate of drug-likeness (QED) is 0.463. The van der Waals surface area contributed by atoms with E-state index in [1.807, 2.05) is 0 Å². The predicted octanol–water partition coefficient (Wildman–Crippen LogP) is 2.00. The van der Waals surface area contributed by atoms with Crippen LogP contribution in [-0.2, 0) is 9.68 Å². The van der Waals surface area contributed by atoms with E-state index < -0.39 is 0 Å². The van der Waals surface area contributed by atoms with E-state index in [1.54, 1.807) is 0 Å². The number of rotatable bonds is 2. The fourth-order valence-electron chi connectivity index (χ4n) is 1.39. The molecular weight excluding hydrogens is 156 g/mol. The van der Waals surface area contributed by atoms with Crippen LogP contribution < -0.4 is 0 Å². The monoisotopic (exact) mass is 166 g/mol. The van der Waals surface area contributed by atoms with Crippen LogP contribution in [0.15, 0.2) is 0 Å². The van der Waals surface area contributed by atoms with E-state index in [1.165, 1.54) is 0 Å². The molecule has 0 aromatic rings. The zero-order chi connectivity index (χ0) is 8.81. The minimum Gasteiger partial charge on any atom is -0.196 e. The summed E-state index contributed by atoms with van der Waals surface area (Å²) in [6.07, 6.45) is 3.39. The van der Waals surface area contributed by atoms with Crippen LogP contribution >= 0.6 is 0 Å². The van der Waals surface area contributed by atoms with Gasteiger partial charge in [-0.3, -0.25) is 0 Å². The van der Waals surface area contributed by atoms with Crippen LogP contribution in [0.5, 0.6) is 0 Å². The molecule has 1 rings (SSSR count). The Morgan fingerprint density at radius 2 is 1.17 bits per heavy atom. The Hall–Kier alpha value is -1.42. The Bertz CT molecular complexity index is 184. The van der Waals surface area contributed by atoms with Crippen LogP contribution in [-0.4, -0.2) is 12.2 Å². The summed E-state index contributed by atoms with van der Waals surface area (Å²) in [4.78, 5) is 9.54. The second-order valence-electron chi connectivity index (χ2n) is 2.79. The van der Waals surface area contributed by atoms with Crippen molar-refractivity contribution in [2.75, 3.05) is 0 Å². The molecular formula is C8H10N2O2. The highest BCUT2D eigenvalue weighted by molar-refractivity contribution is 4.73. The Balaban J connectivity index is 2.22. The van der Waals surface area contributed by atoms with E-state index in [4.69, 9.17) is 22.8 Å². The van der Waals surface area contributed by atoms with Gasteiger partial charge in [-0.05, 0) is 35.7 Å². The van der Waals surface area contributed by atoms with Gasteiger partial charge in [0.1, 0.15) is 0 Å². The van der Waals surface area contributed by atoms with E-state index in [2.05, 4.69) is 10.0 Å². The summed E-state index contributed by atoms with van der Waals surface area (Å²) < 4.78 is 0. The summed E-state index contributed by atoms with van der Waals surface area (Å²) >= 11 is 0. The third kappa shape index (κ3) is 2.32. The highest BCUT2D eigenvalue weighted by Gasteiger charge is 2.27. The molecule has 64 valence electrons. The first-order valence-electron chi connectivity index (χ1n) is 3.92. The standard InChI is InChI=1S/C8H10N2O2/c1-9-11-7-3-5-8(6-4-7)12-10-2/h7-8H,3-6H2. The first-order valence-corrected chi connectivity index (χ1v) is 3.92. The normalized spacial score (nSPS) is 28.2. The molecule has 0 aromatic carbocycles. The van der Waals surface area contributed by atoms with Crippen LogP contribution in [0.3, 0.4) is 0 Å². The lowest BCUT2D eigenvalue weighted by atomic mass is 9.95. The van der Waals surface area contributed by atoms with Crippen LogP contribution in [0.2, 0.25) is 0 Å². The summed E-state index contributed by atoms with van der Waals surface area (Å²) in [6, 6.07) is 0. The van der Waals surface area contributed by atoms with Gasteiger partial charge in [0.25, 0.3) is 0 Å². The molecule has 12 heavy (non-hydrogen) atoms. The van der Waals surface area contributed by atoms with Gasteiger partial charge in [-0.2, -0.15) is 22.8 Å². The van der Waals surface area contributed by atoms with Gasteiger partial charge in [-0.25, -0.2) is 0 Å². The van der Waals surface area contributed by atoms with Crippen LogP contribution in [0, 0.1) is 13.1 Å². The third-order valence-corrected chi connectivity index (χ3v) is 2.02. The van der Waals surface area contributed by atoms with E-state index >= 15 is 0 Å². The molecule has 0 radical (unpaired) electrons. The number of hydrogen-bond acceptors (Lipinski definition) is 2. The van der Waals surface area contributed by atoms with E-state index in [-0.39, 0.29) is 12.2 Å². The Morgan fingerprint density at radius 3 is 1.42 bits per heavy atom. The van der Waals surface area contributed by atoms with Crippen LogP contribution in [0.25, 0.3) is 10.0 Å². The lowest BCUT2D eigenvalue weighted by Gasteiger charge is -2.18. The summed E-state index contributed by atoms with van der Waals surface area (Å²) in [5.74, 6) is 0. The van der Waals surface area contributed by atoms with E-state index in [0.29, 0.717) is 0 Å². The average Bonchev–Trinajstić information content (AvgIpc) is 2.09. The summed E-state index contributed by atoms with van der Waals surface area (Å²) in [7, 11) is 0. The van der Waals surface area contributed by atoms with Crippen LogP contribution in [0.1, 0.15) is 25.7 Å². The predicted molar refractivity (Wildman–Crippen MR) is 41.4 cm³/mol. The van der Waals surface area contributed by atoms with Crippen molar-refractivity contribution < 1.29 is 9.68 Å². The zero-order valence-electron chi connectivity index (χ0n) is 6.69. The van der Waals surface area contributed by atoms with Crippen molar-refractivity contribution in [3.05, 3.63) is 23.2 Å². The summed E-state index contributed by atoms with van der Waals surface area (Å²) in [6.45, 7) is 13.0. The summed E-state index contributed by atoms with van der Waals surface area (Å²) in [5, 5.41) is 5.76. The Labute approximate surface area is 71.6 Å². The van der Waals surface area contributed by atoms with Gasteiger partial charge < -0.3 is 0 Å². The minimum absolute atomic E-state index is 0.0492. The van der Waals surface area contributed by atoms with E-state index in [9.17, 15) is 0 Å². The molecule has 1 fully saturated rings. The van der Waals surface area contributed by atoms with E-state index in [0.717, 1.165) is 25.7 Å². The maximum atomic E-state index is 6.49. The third-order valence-electron chi connectivity index (χ3n) is 2.02. The van der Waals surface area contributed by atoms with Crippen molar-refractivity contribution in [3.8, 4) is 0 Å². The fraction of sp³-hybridized carbons (Fsp3) is 0.750. The SMILES string of the molecule is [C-]#[N+]OC1CCC(O[N+]#[C-])CC1. The van der Waals surface area contributed by atoms with Gasteiger partial charge in [0.2, 0.25) is 0 Å². The van der Waals surface area contributed by atoms with Crippen molar-refractivity contribution in [2.24, 2.45) is 0 Å². The minimum atomic E-state index is 0.0492. The van der Waals surface area contributed by atoms with Crippen molar-refractivity contribution in [2.45, 2.75) is 37.9 Å². The van der Waals surface area contributed by atoms with Gasteiger partial charge in [0.15, 0.2) is 12.2 Å². The maximum absolute atomic E-state index is 6.49. The second kappa shape index (κ2) is 4.46. The molecule has 0 N–H and O–H groups in total. The lowest BCUT2D eigenvalue weighted by molar-refractivity contribution is 0.0311. The van der Waals surface area contributed by atoms with Crippen molar-refractivity contribution >= 4 is 0 Å². The highest BCUT2D eigenvalue weighted by Crippen LogP contribution is 2.23. The van der Waals surface area contributed by atoms with Gasteiger partial charge in [0.05, 0.1) is 0 Å². The summed E-state index contributed by atoms with van der Waals surface area (Å²) in [5.41, 5.74) is 0. The van der Waals surface area contributed by atoms with Gasteiger partial charge in [-0.15, -0.1) is 0 Å². The molecule has 0 spiro atoms. The molecule has 0 aliphatic heterocycles. The maximum Gasteiger partial charge on any atom is 0.184 e. The highest BCUT2D eigenvalue weighted by atomic mass is 16.6. The molecule has 1 saturated carbocycles. The van der Waals surface area contributed by atoms with Crippen molar-refractivity contribution in [1.82, 2.24) is 0 Å². The first kappa shape index (κ1) is 8.67. The molecule has 1 aliphatic carbocycles. The molecule has 0 unspecified atom stereocenters. The lowest BCUT2D eigenvalue weighted by Crippen LogP contribution is -2.23. The fourth-order valence-corrected chi connectivity index (χ4v) is 1.39. The van der Waals surface area contributed by atoms with Crippen molar-refractivity contribution in [1.29, 1.82) is 0 Å². The van der Waals surface area contributed by atoms with Gasteiger partial charge >= 0.3 is 0 Å². The molecule has 1 aliphatic rings. The van der Waals surface area contributed by atoms with Gasteiger partial charge in [0, 0.05) is 0 Å². The molecule has 4 heteroatoms. The van der Waals surface area contributed by atoms with Crippen LogP contribution in [0.4, 0.5) is 0 Å². The molecule has 0 saturated heterocycles. The topological polar surface area (TPSA) is 27.2 Å². The average molecular weight is 166 g/mol. The first-order chi connectivity index (χ1) is 5.86. The van der Waals surface area contributed by atoms with Crippen molar-refractivity contribution in [3.63, 3.8) is 0 Å². The van der Waals surface area contributed by atoms with Gasteiger partial charge in [-0.1, -0.05) is 0 Å². The second-order valence-corrected chi connectivity index (χ2v) is 2.79. The molecule has 0 atom stereocenters. The number of hydrogen-bond donors (Lipinski definition) is 0. The number of nitrogens with zero attached hydrogens (tertiary/aromatic N) is 2. The largest absolute Gasteiger partial charge is 0.196 e.